The number of hydrogen-bond acceptors (Lipinski definition) is 6. The predicted molar refractivity (Wildman–Crippen MR) is 131 cm³/mol. The maximum atomic E-state index is 11.7. The molecule has 0 saturated heterocycles. The molecule has 34 heavy (non-hydrogen) atoms. The fourth-order valence-electron chi connectivity index (χ4n) is 2.41. The molecule has 9 heteroatoms. The van der Waals surface area contributed by atoms with Crippen molar-refractivity contribution in [3.8, 4) is 5.75 Å². The second kappa shape index (κ2) is 19.3. The summed E-state index contributed by atoms with van der Waals surface area (Å²) in [7, 11) is 1.56. The zero-order valence-corrected chi connectivity index (χ0v) is 21.3. The van der Waals surface area contributed by atoms with E-state index in [1.807, 2.05) is 20.8 Å². The number of aliphatic carboxylic acids is 1. The number of benzene rings is 1. The van der Waals surface area contributed by atoms with Crippen LogP contribution in [0, 0.1) is 5.92 Å². The number of nitrogens with one attached hydrogen (secondary N) is 2. The predicted octanol–water partition coefficient (Wildman–Crippen LogP) is 3.40. The van der Waals surface area contributed by atoms with Crippen LogP contribution in [-0.4, -0.2) is 54.2 Å². The lowest BCUT2D eigenvalue weighted by Crippen LogP contribution is -2.40. The number of ether oxygens (including phenoxy) is 1. The van der Waals surface area contributed by atoms with E-state index in [2.05, 4.69) is 10.6 Å². The molecule has 0 aromatic heterocycles. The first-order valence-electron chi connectivity index (χ1n) is 11.5. The maximum absolute atomic E-state index is 11.7. The van der Waals surface area contributed by atoms with Crippen LogP contribution >= 0.6 is 0 Å². The first kappa shape index (κ1) is 32.9. The Kier molecular flexibility index (Phi) is 18.7. The van der Waals surface area contributed by atoms with Crippen molar-refractivity contribution in [3.05, 3.63) is 29.8 Å². The van der Waals surface area contributed by atoms with Crippen LogP contribution in [-0.2, 0) is 19.2 Å². The van der Waals surface area contributed by atoms with Crippen LogP contribution < -0.4 is 15.4 Å². The number of rotatable bonds is 12. The summed E-state index contributed by atoms with van der Waals surface area (Å²) >= 11 is 0. The molecular weight excluding hydrogens is 440 g/mol. The van der Waals surface area contributed by atoms with Crippen molar-refractivity contribution in [1.29, 1.82) is 0 Å². The van der Waals surface area contributed by atoms with E-state index in [0.717, 1.165) is 19.3 Å². The summed E-state index contributed by atoms with van der Waals surface area (Å²) in [6.07, 6.45) is 2.79. The Labute approximate surface area is 202 Å². The summed E-state index contributed by atoms with van der Waals surface area (Å²) < 4.78 is 4.98. The molecule has 9 nitrogen and oxygen atoms in total. The van der Waals surface area contributed by atoms with Crippen molar-refractivity contribution in [2.24, 2.45) is 5.92 Å². The lowest BCUT2D eigenvalue weighted by Gasteiger charge is -2.15. The highest BCUT2D eigenvalue weighted by Gasteiger charge is 2.18. The normalized spacial score (nSPS) is 12.2. The van der Waals surface area contributed by atoms with Gasteiger partial charge in [0.05, 0.1) is 25.6 Å². The Morgan fingerprint density at radius 3 is 2.03 bits per heavy atom. The summed E-state index contributed by atoms with van der Waals surface area (Å²) in [4.78, 5) is 55.1. The quantitative estimate of drug-likeness (QED) is 0.390. The Morgan fingerprint density at radius 1 is 1.06 bits per heavy atom. The largest absolute Gasteiger partial charge is 0.497 e. The highest BCUT2D eigenvalue weighted by molar-refractivity contribution is 5.97. The molecule has 1 rings (SSSR count). The average molecular weight is 481 g/mol. The molecule has 0 heterocycles. The molecule has 1 aromatic carbocycles. The number of carbonyl (C=O) groups excluding carboxylic acids is 4. The first-order valence-corrected chi connectivity index (χ1v) is 11.5. The lowest BCUT2D eigenvalue weighted by molar-refractivity contribution is -0.139. The first-order chi connectivity index (χ1) is 16.0. The van der Waals surface area contributed by atoms with Crippen molar-refractivity contribution in [1.82, 2.24) is 10.6 Å². The number of carbonyl (C=O) groups is 5. The van der Waals surface area contributed by atoms with Crippen molar-refractivity contribution in [2.45, 2.75) is 79.3 Å². The minimum Gasteiger partial charge on any atom is -0.497 e. The van der Waals surface area contributed by atoms with Gasteiger partial charge >= 0.3 is 5.97 Å². The van der Waals surface area contributed by atoms with Crippen LogP contribution in [0.15, 0.2) is 24.3 Å². The molecule has 0 saturated carbocycles. The van der Waals surface area contributed by atoms with E-state index in [1.54, 1.807) is 45.2 Å². The number of carboxylic acid groups (broad SMARTS) is 1. The topological polar surface area (TPSA) is 139 Å². The van der Waals surface area contributed by atoms with Crippen molar-refractivity contribution in [3.63, 3.8) is 0 Å². The Morgan fingerprint density at radius 2 is 1.62 bits per heavy atom. The molecule has 0 radical (unpaired) electrons. The third-order valence-corrected chi connectivity index (χ3v) is 4.63. The molecule has 3 N–H and O–H groups in total. The van der Waals surface area contributed by atoms with Gasteiger partial charge in [0.1, 0.15) is 12.0 Å². The van der Waals surface area contributed by atoms with Crippen LogP contribution in [0.1, 0.15) is 77.6 Å². The summed E-state index contributed by atoms with van der Waals surface area (Å²) in [6.45, 7) is 10.9. The zero-order chi connectivity index (χ0) is 26.7. The molecule has 0 bridgehead atoms. The highest BCUT2D eigenvalue weighted by atomic mass is 16.5. The lowest BCUT2D eigenvalue weighted by atomic mass is 10.0. The molecule has 0 aliphatic carbocycles. The molecule has 0 fully saturated rings. The van der Waals surface area contributed by atoms with Gasteiger partial charge in [-0.15, -0.1) is 0 Å². The van der Waals surface area contributed by atoms with E-state index >= 15 is 0 Å². The SMILES string of the molecule is CC.CCCC[C@H](C)C(=O)N[C@H](C=O)CC(=O)O.COc1ccc(C(=O)N[C@@H](C)C(C)=O)cc1. The van der Waals surface area contributed by atoms with Crippen molar-refractivity contribution >= 4 is 29.9 Å². The van der Waals surface area contributed by atoms with E-state index in [1.165, 1.54) is 6.92 Å². The number of hydrogen-bond donors (Lipinski definition) is 3. The number of ketones is 1. The standard InChI is InChI=1S/C12H15NO3.C11H19NO4.C2H6/c1-8(9(2)14)13-12(15)10-4-6-11(16-3)7-5-10;1-3-4-5-8(2)11(16)12-9(7-13)6-10(14)15;1-2/h4-8H,1-3H3,(H,13,15);7-9H,3-6H2,1-2H3,(H,12,16)(H,14,15);1-2H3/t8-;8-,9-;/m00./s1. The fourth-order valence-corrected chi connectivity index (χ4v) is 2.41. The van der Waals surface area contributed by atoms with Gasteiger partial charge < -0.3 is 25.3 Å². The van der Waals surface area contributed by atoms with E-state index in [0.29, 0.717) is 17.6 Å². The molecule has 0 aliphatic heterocycles. The monoisotopic (exact) mass is 480 g/mol. The van der Waals surface area contributed by atoms with Gasteiger partial charge in [0.2, 0.25) is 5.91 Å². The van der Waals surface area contributed by atoms with E-state index in [4.69, 9.17) is 9.84 Å². The van der Waals surface area contributed by atoms with Crippen LogP contribution in [0.4, 0.5) is 0 Å². The number of carboxylic acids is 1. The van der Waals surface area contributed by atoms with Gasteiger partial charge in [-0.05, 0) is 44.5 Å². The van der Waals surface area contributed by atoms with Gasteiger partial charge in [0.15, 0.2) is 5.78 Å². The Balaban J connectivity index is 0. The van der Waals surface area contributed by atoms with Gasteiger partial charge in [-0.3, -0.25) is 19.2 Å². The van der Waals surface area contributed by atoms with Crippen LogP contribution in [0.2, 0.25) is 0 Å². The summed E-state index contributed by atoms with van der Waals surface area (Å²) in [6, 6.07) is 5.33. The smallest absolute Gasteiger partial charge is 0.305 e. The third kappa shape index (κ3) is 14.8. The Hall–Kier alpha value is -3.23. The van der Waals surface area contributed by atoms with Crippen LogP contribution in [0.5, 0.6) is 5.75 Å². The number of Topliss-reactive ketones (excluding diaryl/α,β-unsaturated/α-hetero) is 1. The van der Waals surface area contributed by atoms with Gasteiger partial charge in [-0.1, -0.05) is 40.5 Å². The van der Waals surface area contributed by atoms with Crippen LogP contribution in [0.25, 0.3) is 0 Å². The minimum absolute atomic E-state index is 0.0677. The second-order valence-electron chi connectivity index (χ2n) is 7.43. The van der Waals surface area contributed by atoms with Crippen molar-refractivity contribution in [2.75, 3.05) is 7.11 Å². The van der Waals surface area contributed by atoms with Gasteiger partial charge in [-0.25, -0.2) is 0 Å². The molecule has 192 valence electrons. The van der Waals surface area contributed by atoms with E-state index < -0.39 is 18.1 Å². The number of aldehydes is 1. The van der Waals surface area contributed by atoms with E-state index in [-0.39, 0.29) is 29.9 Å². The average Bonchev–Trinajstić information content (AvgIpc) is 2.83. The molecule has 2 amide bonds. The van der Waals surface area contributed by atoms with E-state index in [9.17, 15) is 24.0 Å². The summed E-state index contributed by atoms with van der Waals surface area (Å²) in [5.41, 5.74) is 0.508. The molecule has 3 atom stereocenters. The summed E-state index contributed by atoms with van der Waals surface area (Å²) in [5, 5.41) is 13.5. The highest BCUT2D eigenvalue weighted by Crippen LogP contribution is 2.11. The number of unbranched alkanes of at least 4 members (excludes halogenated alkanes) is 1. The molecule has 0 unspecified atom stereocenters. The van der Waals surface area contributed by atoms with Crippen molar-refractivity contribution < 1.29 is 33.8 Å². The fraction of sp³-hybridized carbons (Fsp3) is 0.560. The number of methoxy groups -OCH3 is 1. The number of amides is 2. The van der Waals surface area contributed by atoms with Gasteiger partial charge in [-0.2, -0.15) is 0 Å². The summed E-state index contributed by atoms with van der Waals surface area (Å²) in [5.74, 6) is -1.18. The van der Waals surface area contributed by atoms with Gasteiger partial charge in [0, 0.05) is 11.5 Å². The second-order valence-corrected chi connectivity index (χ2v) is 7.43. The van der Waals surface area contributed by atoms with Gasteiger partial charge in [0.25, 0.3) is 5.91 Å². The molecule has 1 aromatic rings. The maximum Gasteiger partial charge on any atom is 0.305 e. The molecular formula is C25H40N2O7. The molecule has 0 aliphatic rings. The minimum atomic E-state index is -1.10. The zero-order valence-electron chi connectivity index (χ0n) is 21.3. The Bertz CT molecular complexity index is 763. The van der Waals surface area contributed by atoms with Crippen LogP contribution in [0.3, 0.4) is 0 Å². The third-order valence-electron chi connectivity index (χ3n) is 4.63. The molecule has 0 spiro atoms.